The molecule has 0 N–H and O–H groups in total. The number of aryl methyl sites for hydroxylation is 3. The number of halogens is 1. The normalized spacial score (nSPS) is 11.0. The molecule has 0 atom stereocenters. The number of hydrogen-bond donors (Lipinski definition) is 0. The van der Waals surface area contributed by atoms with Crippen LogP contribution in [-0.2, 0) is 0 Å². The first-order chi connectivity index (χ1) is 14.1. The van der Waals surface area contributed by atoms with E-state index < -0.39 is 5.95 Å². The van der Waals surface area contributed by atoms with Gasteiger partial charge in [-0.25, -0.2) is 0 Å². The summed E-state index contributed by atoms with van der Waals surface area (Å²) in [6.45, 7) is 6.63. The van der Waals surface area contributed by atoms with Gasteiger partial charge in [-0.3, -0.25) is 0 Å². The maximum Gasteiger partial charge on any atom is -1.00 e. The van der Waals surface area contributed by atoms with Gasteiger partial charge < -0.3 is 24.0 Å². The number of rotatable bonds is 5. The average Bonchev–Trinajstić information content (AvgIpc) is 2.73. The number of benzene rings is 4. The van der Waals surface area contributed by atoms with Gasteiger partial charge in [0.25, 0.3) is 0 Å². The molecule has 0 bridgehead atoms. The van der Waals surface area contributed by atoms with Gasteiger partial charge in [-0.05, 0) is 0 Å². The van der Waals surface area contributed by atoms with Gasteiger partial charge in [0.15, 0.2) is 0 Å². The molecule has 0 aromatic heterocycles. The van der Waals surface area contributed by atoms with Gasteiger partial charge in [0.2, 0.25) is 0 Å². The van der Waals surface area contributed by atoms with Crippen molar-refractivity contribution < 1.29 is 24.0 Å². The molecule has 3 heteroatoms. The Morgan fingerprint density at radius 3 is 1.27 bits per heavy atom. The molecule has 152 valence electrons. The molecular formula is C27H26IPSe. The first-order valence-electron chi connectivity index (χ1n) is 9.93. The standard InChI is InChI=1S/C27H26PSe.HI/c1-21-10-7-13-24(18-21)28(25-14-8-11-22(2)19-25,26-15-9-12-23(3)20-26)29-27-16-5-4-6-17-27;/h4-20H,1-3H3;1H/q+1;/p-1. The van der Waals surface area contributed by atoms with Crippen LogP contribution < -0.4 is 44.4 Å². The SMILES string of the molecule is Cc1cccc([P+]([Se]c2ccccc2)(c2cccc(C)c2)c2cccc(C)c2)c1.[I-]. The molecule has 0 saturated heterocycles. The van der Waals surface area contributed by atoms with Crippen molar-refractivity contribution in [2.75, 3.05) is 0 Å². The zero-order valence-corrected chi connectivity index (χ0v) is 22.3. The van der Waals surface area contributed by atoms with E-state index in [2.05, 4.69) is 124 Å². The van der Waals surface area contributed by atoms with Crippen molar-refractivity contribution in [2.45, 2.75) is 20.8 Å². The Balaban J connectivity index is 0.00000256. The summed E-state index contributed by atoms with van der Waals surface area (Å²) in [7, 11) is 0. The largest absolute Gasteiger partial charge is 1.00 e. The third-order valence-electron chi connectivity index (χ3n) is 5.08. The Bertz CT molecular complexity index is 1010. The topological polar surface area (TPSA) is 0 Å². The molecular weight excluding hydrogens is 561 g/mol. The van der Waals surface area contributed by atoms with Crippen LogP contribution in [0.1, 0.15) is 16.7 Å². The summed E-state index contributed by atoms with van der Waals surface area (Å²) < 4.78 is 1.46. The van der Waals surface area contributed by atoms with E-state index in [9.17, 15) is 0 Å². The molecule has 0 heterocycles. The van der Waals surface area contributed by atoms with Gasteiger partial charge in [0.05, 0.1) is 0 Å². The maximum atomic E-state index is 2.42. The van der Waals surface area contributed by atoms with E-state index in [0.717, 1.165) is 0 Å². The Kier molecular flexibility index (Phi) is 7.93. The molecule has 4 aromatic carbocycles. The third kappa shape index (κ3) is 4.89. The average molecular weight is 587 g/mol. The summed E-state index contributed by atoms with van der Waals surface area (Å²) in [5.41, 5.74) is 3.99. The van der Waals surface area contributed by atoms with Crippen LogP contribution in [0.25, 0.3) is 0 Å². The summed E-state index contributed by atoms with van der Waals surface area (Å²) in [4.78, 5) is 0. The van der Waals surface area contributed by atoms with Gasteiger partial charge in [-0.2, -0.15) is 0 Å². The van der Waals surface area contributed by atoms with E-state index in [-0.39, 0.29) is 38.5 Å². The molecule has 0 aliphatic rings. The van der Waals surface area contributed by atoms with E-state index in [0.29, 0.717) is 0 Å². The quantitative estimate of drug-likeness (QED) is 0.190. The second-order valence-corrected chi connectivity index (χ2v) is 16.1. The van der Waals surface area contributed by atoms with Crippen molar-refractivity contribution in [3.63, 3.8) is 0 Å². The zero-order valence-electron chi connectivity index (χ0n) is 17.5. The van der Waals surface area contributed by atoms with Crippen LogP contribution >= 0.6 is 5.95 Å². The van der Waals surface area contributed by atoms with Crippen LogP contribution in [0.2, 0.25) is 0 Å². The van der Waals surface area contributed by atoms with Crippen molar-refractivity contribution in [2.24, 2.45) is 0 Å². The zero-order chi connectivity index (χ0) is 20.3. The van der Waals surface area contributed by atoms with E-state index >= 15 is 0 Å². The van der Waals surface area contributed by atoms with Gasteiger partial charge in [-0.15, -0.1) is 0 Å². The monoisotopic (exact) mass is 588 g/mol. The fraction of sp³-hybridized carbons (Fsp3) is 0.111. The molecule has 0 aliphatic heterocycles. The molecule has 0 unspecified atom stereocenters. The number of hydrogen-bond acceptors (Lipinski definition) is 0. The molecule has 0 spiro atoms. The Morgan fingerprint density at radius 1 is 0.500 bits per heavy atom. The first kappa shape index (κ1) is 23.2. The van der Waals surface area contributed by atoms with Crippen molar-refractivity contribution >= 4 is 40.8 Å². The maximum absolute atomic E-state index is 2.42. The second kappa shape index (κ2) is 10.2. The van der Waals surface area contributed by atoms with Gasteiger partial charge >= 0.3 is 181 Å². The van der Waals surface area contributed by atoms with Crippen LogP contribution in [0.3, 0.4) is 0 Å². The van der Waals surface area contributed by atoms with Gasteiger partial charge in [-0.1, -0.05) is 0 Å². The van der Waals surface area contributed by atoms with Crippen LogP contribution in [0.5, 0.6) is 0 Å². The first-order valence-corrected chi connectivity index (χ1v) is 14.8. The van der Waals surface area contributed by atoms with Crippen LogP contribution in [-0.4, -0.2) is 14.5 Å². The van der Waals surface area contributed by atoms with Crippen molar-refractivity contribution in [3.8, 4) is 0 Å². The predicted molar refractivity (Wildman–Crippen MR) is 131 cm³/mol. The molecule has 4 aromatic rings. The molecule has 4 rings (SSSR count). The van der Waals surface area contributed by atoms with Crippen molar-refractivity contribution in [1.82, 2.24) is 0 Å². The Labute approximate surface area is 204 Å². The van der Waals surface area contributed by atoms with Gasteiger partial charge in [0.1, 0.15) is 0 Å². The fourth-order valence-electron chi connectivity index (χ4n) is 3.72. The fourth-order valence-corrected chi connectivity index (χ4v) is 14.6. The minimum Gasteiger partial charge on any atom is -1.00 e. The smallest absolute Gasteiger partial charge is 1.00 e. The van der Waals surface area contributed by atoms with E-state index in [1.807, 2.05) is 0 Å². The molecule has 0 saturated carbocycles. The van der Waals surface area contributed by atoms with Crippen molar-refractivity contribution in [1.29, 1.82) is 0 Å². The molecule has 0 radical (unpaired) electrons. The van der Waals surface area contributed by atoms with Crippen LogP contribution in [0.15, 0.2) is 103 Å². The minimum absolute atomic E-state index is 0. The van der Waals surface area contributed by atoms with E-state index in [1.54, 1.807) is 0 Å². The molecule has 30 heavy (non-hydrogen) atoms. The minimum atomic E-state index is -1.79. The Morgan fingerprint density at radius 2 is 0.900 bits per heavy atom. The molecule has 0 amide bonds. The predicted octanol–water partition coefficient (Wildman–Crippen LogP) is 1.85. The molecule has 0 aliphatic carbocycles. The molecule has 0 nitrogen and oxygen atoms in total. The van der Waals surface area contributed by atoms with Gasteiger partial charge in [0, 0.05) is 0 Å². The van der Waals surface area contributed by atoms with E-state index in [1.165, 1.54) is 37.1 Å². The summed E-state index contributed by atoms with van der Waals surface area (Å²) in [5.74, 6) is -1.79. The Hall–Kier alpha value is -1.44. The van der Waals surface area contributed by atoms with Crippen molar-refractivity contribution in [3.05, 3.63) is 120 Å². The summed E-state index contributed by atoms with van der Waals surface area (Å²) in [5, 5.41) is 4.45. The molecule has 0 fully saturated rings. The third-order valence-corrected chi connectivity index (χ3v) is 16.2. The van der Waals surface area contributed by atoms with Crippen LogP contribution in [0, 0.1) is 20.8 Å². The summed E-state index contributed by atoms with van der Waals surface area (Å²) in [6.07, 6.45) is 0. The van der Waals surface area contributed by atoms with Crippen LogP contribution in [0.4, 0.5) is 0 Å². The summed E-state index contributed by atoms with van der Waals surface area (Å²) >= 11 is 0.281. The second-order valence-electron chi connectivity index (χ2n) is 7.53. The van der Waals surface area contributed by atoms with E-state index in [4.69, 9.17) is 0 Å². The summed E-state index contributed by atoms with van der Waals surface area (Å²) in [6, 6.07) is 38.7.